The molecular formula is C23H45N5S. The summed E-state index contributed by atoms with van der Waals surface area (Å²) in [6, 6.07) is 0.611. The van der Waals surface area contributed by atoms with Crippen LogP contribution in [0.25, 0.3) is 0 Å². The van der Waals surface area contributed by atoms with Crippen molar-refractivity contribution < 1.29 is 0 Å². The summed E-state index contributed by atoms with van der Waals surface area (Å²) >= 11 is 1.73. The molecule has 0 amide bonds. The smallest absolute Gasteiger partial charge is 0.182 e. The van der Waals surface area contributed by atoms with E-state index in [0.717, 1.165) is 50.9 Å². The molecular weight excluding hydrogens is 378 g/mol. The molecule has 2 saturated heterocycles. The molecule has 1 aromatic rings. The molecule has 0 radical (unpaired) electrons. The van der Waals surface area contributed by atoms with E-state index in [1.807, 2.05) is 13.8 Å². The first kappa shape index (κ1) is 25.9. The molecule has 29 heavy (non-hydrogen) atoms. The van der Waals surface area contributed by atoms with Gasteiger partial charge in [-0.05, 0) is 25.3 Å². The number of aromatic nitrogens is 1. The summed E-state index contributed by atoms with van der Waals surface area (Å²) in [6.45, 7) is 24.4. The van der Waals surface area contributed by atoms with Gasteiger partial charge in [0.25, 0.3) is 0 Å². The Balaban J connectivity index is 0.000000771. The fraction of sp³-hybridized carbons (Fsp3) is 0.783. The molecule has 5 nitrogen and oxygen atoms in total. The maximum absolute atomic E-state index is 4.75. The Labute approximate surface area is 184 Å². The van der Waals surface area contributed by atoms with E-state index in [1.165, 1.54) is 30.7 Å². The van der Waals surface area contributed by atoms with E-state index in [9.17, 15) is 0 Å². The van der Waals surface area contributed by atoms with E-state index >= 15 is 0 Å². The van der Waals surface area contributed by atoms with E-state index in [4.69, 9.17) is 4.98 Å². The van der Waals surface area contributed by atoms with Gasteiger partial charge in [-0.25, -0.2) is 4.98 Å². The normalized spacial score (nSPS) is 19.3. The first-order chi connectivity index (χ1) is 14.0. The molecule has 1 unspecified atom stereocenters. The third kappa shape index (κ3) is 9.49. The summed E-state index contributed by atoms with van der Waals surface area (Å²) in [7, 11) is 0. The summed E-state index contributed by atoms with van der Waals surface area (Å²) in [5.41, 5.74) is 2.47. The molecule has 3 rings (SSSR count). The van der Waals surface area contributed by atoms with Gasteiger partial charge in [-0.2, -0.15) is 0 Å². The van der Waals surface area contributed by atoms with E-state index < -0.39 is 0 Å². The summed E-state index contributed by atoms with van der Waals surface area (Å²) in [5.74, 6) is 0.540. The number of nitrogens with one attached hydrogen (secondary N) is 2. The fourth-order valence-corrected chi connectivity index (χ4v) is 4.10. The van der Waals surface area contributed by atoms with Gasteiger partial charge in [0.15, 0.2) is 5.13 Å². The predicted molar refractivity (Wildman–Crippen MR) is 130 cm³/mol. The van der Waals surface area contributed by atoms with Crippen molar-refractivity contribution in [2.24, 2.45) is 5.92 Å². The highest BCUT2D eigenvalue weighted by atomic mass is 32.1. The third-order valence-electron chi connectivity index (χ3n) is 5.04. The second-order valence-electron chi connectivity index (χ2n) is 7.93. The highest BCUT2D eigenvalue weighted by Gasteiger charge is 2.20. The first-order valence-electron chi connectivity index (χ1n) is 11.6. The second-order valence-corrected chi connectivity index (χ2v) is 8.79. The van der Waals surface area contributed by atoms with Crippen LogP contribution in [0.3, 0.4) is 0 Å². The molecule has 0 aliphatic carbocycles. The van der Waals surface area contributed by atoms with Crippen molar-refractivity contribution in [2.75, 3.05) is 44.6 Å². The molecule has 0 spiro atoms. The average molecular weight is 424 g/mol. The lowest BCUT2D eigenvalue weighted by molar-refractivity contribution is 0.144. The van der Waals surface area contributed by atoms with Gasteiger partial charge >= 0.3 is 0 Å². The number of nitrogens with zero attached hydrogens (tertiary/aromatic N) is 3. The van der Waals surface area contributed by atoms with Crippen LogP contribution >= 0.6 is 11.3 Å². The monoisotopic (exact) mass is 423 g/mol. The zero-order valence-electron chi connectivity index (χ0n) is 19.8. The standard InChI is InChI=1S/C18H31N5S.C3H8.C2H6/c1-14(2)15(3)23-9-7-22(8-10-23)12-17-13-24-18(21-17)20-11-16-5-4-6-19-16;1-3-2;1-2/h13-14,16,19H,3-12H2,1-2H3,(H,20,21);3H2,1-2H3;1-2H3. The second kappa shape index (κ2) is 14.8. The van der Waals surface area contributed by atoms with Crippen LogP contribution in [0.4, 0.5) is 5.13 Å². The van der Waals surface area contributed by atoms with Crippen molar-refractivity contribution in [3.05, 3.63) is 23.3 Å². The van der Waals surface area contributed by atoms with Gasteiger partial charge in [-0.1, -0.05) is 54.5 Å². The van der Waals surface area contributed by atoms with Crippen LogP contribution in [0.1, 0.15) is 66.5 Å². The quantitative estimate of drug-likeness (QED) is 0.643. The van der Waals surface area contributed by atoms with Gasteiger partial charge in [0, 0.05) is 56.4 Å². The van der Waals surface area contributed by atoms with Gasteiger partial charge in [-0.15, -0.1) is 11.3 Å². The molecule has 6 heteroatoms. The van der Waals surface area contributed by atoms with Crippen LogP contribution in [0.15, 0.2) is 17.7 Å². The molecule has 0 saturated carbocycles. The van der Waals surface area contributed by atoms with Gasteiger partial charge in [0.2, 0.25) is 0 Å². The van der Waals surface area contributed by atoms with Crippen LogP contribution < -0.4 is 10.6 Å². The Morgan fingerprint density at radius 3 is 2.48 bits per heavy atom. The average Bonchev–Trinajstić information content (AvgIpc) is 3.40. The van der Waals surface area contributed by atoms with Crippen molar-refractivity contribution in [3.63, 3.8) is 0 Å². The number of allylic oxidation sites excluding steroid dienone is 1. The van der Waals surface area contributed by atoms with Gasteiger partial charge < -0.3 is 15.5 Å². The lowest BCUT2D eigenvalue weighted by Crippen LogP contribution is -2.45. The largest absolute Gasteiger partial charge is 0.373 e. The van der Waals surface area contributed by atoms with Crippen molar-refractivity contribution in [3.8, 4) is 0 Å². The lowest BCUT2D eigenvalue weighted by atomic mass is 10.1. The Morgan fingerprint density at radius 1 is 1.28 bits per heavy atom. The van der Waals surface area contributed by atoms with Crippen LogP contribution in [0.2, 0.25) is 0 Å². The van der Waals surface area contributed by atoms with Crippen LogP contribution in [-0.4, -0.2) is 60.1 Å². The topological polar surface area (TPSA) is 43.4 Å². The predicted octanol–water partition coefficient (Wildman–Crippen LogP) is 5.04. The highest BCUT2D eigenvalue weighted by molar-refractivity contribution is 7.13. The Bertz CT molecular complexity index is 543. The Morgan fingerprint density at radius 2 is 1.93 bits per heavy atom. The highest BCUT2D eigenvalue weighted by Crippen LogP contribution is 2.20. The molecule has 2 aliphatic rings. The lowest BCUT2D eigenvalue weighted by Gasteiger charge is -2.37. The number of hydrogen-bond acceptors (Lipinski definition) is 6. The summed E-state index contributed by atoms with van der Waals surface area (Å²) in [6.07, 6.45) is 3.82. The molecule has 3 heterocycles. The Kier molecular flexibility index (Phi) is 13.2. The van der Waals surface area contributed by atoms with Crippen LogP contribution in [-0.2, 0) is 6.54 Å². The fourth-order valence-electron chi connectivity index (χ4n) is 3.39. The van der Waals surface area contributed by atoms with Crippen molar-refractivity contribution in [2.45, 2.75) is 73.4 Å². The molecule has 2 fully saturated rings. The SMILES string of the molecule is C=C(C(C)C)N1CCN(Cc2csc(NCC3CCCN3)n2)CC1.CC.CCC. The molecule has 0 bridgehead atoms. The van der Waals surface area contributed by atoms with E-state index in [2.05, 4.69) is 60.1 Å². The minimum atomic E-state index is 0.540. The summed E-state index contributed by atoms with van der Waals surface area (Å²) in [5, 5.41) is 10.3. The summed E-state index contributed by atoms with van der Waals surface area (Å²) in [4.78, 5) is 9.69. The third-order valence-corrected chi connectivity index (χ3v) is 5.89. The van der Waals surface area contributed by atoms with E-state index in [1.54, 1.807) is 11.3 Å². The Hall–Kier alpha value is -1.11. The van der Waals surface area contributed by atoms with Crippen molar-refractivity contribution in [1.82, 2.24) is 20.1 Å². The maximum atomic E-state index is 4.75. The minimum Gasteiger partial charge on any atom is -0.373 e. The number of piperazine rings is 1. The zero-order valence-corrected chi connectivity index (χ0v) is 20.6. The zero-order chi connectivity index (χ0) is 21.6. The molecule has 2 aliphatic heterocycles. The molecule has 1 atom stereocenters. The number of hydrogen-bond donors (Lipinski definition) is 2. The summed E-state index contributed by atoms with van der Waals surface area (Å²) < 4.78 is 0. The molecule has 168 valence electrons. The number of thiazole rings is 1. The van der Waals surface area contributed by atoms with Gasteiger partial charge in [-0.3, -0.25) is 4.90 Å². The molecule has 1 aromatic heterocycles. The van der Waals surface area contributed by atoms with Crippen LogP contribution in [0, 0.1) is 5.92 Å². The van der Waals surface area contributed by atoms with Crippen molar-refractivity contribution in [1.29, 1.82) is 0 Å². The molecule has 2 N–H and O–H groups in total. The van der Waals surface area contributed by atoms with E-state index in [0.29, 0.717) is 12.0 Å². The van der Waals surface area contributed by atoms with Gasteiger partial charge in [0.05, 0.1) is 5.69 Å². The minimum absolute atomic E-state index is 0.540. The molecule has 0 aromatic carbocycles. The van der Waals surface area contributed by atoms with Gasteiger partial charge in [0.1, 0.15) is 0 Å². The van der Waals surface area contributed by atoms with E-state index in [-0.39, 0.29) is 0 Å². The maximum Gasteiger partial charge on any atom is 0.182 e. The first-order valence-corrected chi connectivity index (χ1v) is 12.5. The van der Waals surface area contributed by atoms with Crippen LogP contribution in [0.5, 0.6) is 0 Å². The number of rotatable bonds is 7. The van der Waals surface area contributed by atoms with Crippen molar-refractivity contribution >= 4 is 16.5 Å². The number of anilines is 1.